The number of furan rings is 1. The van der Waals surface area contributed by atoms with E-state index < -0.39 is 28.9 Å². The molecule has 3 heterocycles. The summed E-state index contributed by atoms with van der Waals surface area (Å²) in [5.74, 6) is 1.25. The Morgan fingerprint density at radius 3 is 2.40 bits per heavy atom. The van der Waals surface area contributed by atoms with E-state index in [1.807, 2.05) is 0 Å². The van der Waals surface area contributed by atoms with Crippen LogP contribution in [0, 0.1) is 11.3 Å². The number of nitriles is 1. The summed E-state index contributed by atoms with van der Waals surface area (Å²) in [6.07, 6.45) is 2.84. The second kappa shape index (κ2) is 12.4. The first-order chi connectivity index (χ1) is 20.3. The van der Waals surface area contributed by atoms with E-state index >= 15 is 0 Å². The third kappa shape index (κ3) is 6.42. The van der Waals surface area contributed by atoms with Gasteiger partial charge in [-0.25, -0.2) is 12.7 Å². The summed E-state index contributed by atoms with van der Waals surface area (Å²) in [5.41, 5.74) is -0.678. The van der Waals surface area contributed by atoms with Gasteiger partial charge in [0, 0.05) is 27.6 Å². The summed E-state index contributed by atoms with van der Waals surface area (Å²) in [5, 5.41) is 17.7. The molecule has 2 atom stereocenters. The van der Waals surface area contributed by atoms with Crippen molar-refractivity contribution in [2.75, 3.05) is 31.6 Å². The molecule has 12 nitrogen and oxygen atoms in total. The average molecular weight is 629 g/mol. The topological polar surface area (TPSA) is 144 Å². The largest absolute Gasteiger partial charge is 0.494 e. The Morgan fingerprint density at radius 2 is 1.84 bits per heavy atom. The minimum atomic E-state index is -4.17. The van der Waals surface area contributed by atoms with E-state index in [2.05, 4.69) is 35.9 Å². The predicted octanol–water partition coefficient (Wildman–Crippen LogP) is 4.70. The molecule has 0 radical (unpaired) electrons. The number of hydrogen-bond acceptors (Lipinski definition) is 9. The van der Waals surface area contributed by atoms with Gasteiger partial charge in [0.05, 0.1) is 31.8 Å². The molecule has 0 unspecified atom stereocenters. The Balaban J connectivity index is 1.91. The van der Waals surface area contributed by atoms with Crippen LogP contribution in [0.25, 0.3) is 17.3 Å². The van der Waals surface area contributed by atoms with E-state index in [9.17, 15) is 18.5 Å². The van der Waals surface area contributed by atoms with Gasteiger partial charge in [0.2, 0.25) is 27.7 Å². The first-order valence-electron chi connectivity index (χ1n) is 14.2. The Hall–Kier alpha value is -3.83. The fraction of sp³-hybridized carbons (Fsp3) is 0.517. The van der Waals surface area contributed by atoms with Crippen LogP contribution in [0.5, 0.6) is 11.5 Å². The molecule has 1 fully saturated rings. The molecule has 0 saturated carbocycles. The number of hydrogen-bond donors (Lipinski definition) is 0. The standard InChI is InChI=1S/C29H40N6O6SSi/c1-21(19-33-25(36)14-9-15-29(33,2)20-30)42(37,38)34(16-18-43(5,6)7)28-32-31-27(24-13-10-17-41-24)35(28)26-22(39-3)11-8-12-23(26)40-4/h8,10-13,17,21H,9,14-16,18-19H2,1-7H3/t21-,29-/m0/s1. The SMILES string of the molecule is COc1cccc(OC)c1-n1c(-c2ccco2)nnc1N(CC[Si](C)(C)C)S(=O)(=O)[C@@H](C)CN1C(=O)CCC[C@@]1(C)C#N. The quantitative estimate of drug-likeness (QED) is 0.261. The van der Waals surface area contributed by atoms with Crippen molar-refractivity contribution in [3.63, 3.8) is 0 Å². The number of nitrogens with zero attached hydrogens (tertiary/aromatic N) is 6. The van der Waals surface area contributed by atoms with Crippen LogP contribution in [-0.2, 0) is 14.8 Å². The maximum Gasteiger partial charge on any atom is 0.246 e. The smallest absolute Gasteiger partial charge is 0.246 e. The molecular formula is C29H40N6O6SSi. The number of amides is 1. The number of likely N-dealkylation sites (tertiary alicyclic amines) is 1. The lowest BCUT2D eigenvalue weighted by Crippen LogP contribution is -2.56. The maximum absolute atomic E-state index is 14.6. The fourth-order valence-corrected chi connectivity index (χ4v) is 7.68. The molecule has 14 heteroatoms. The lowest BCUT2D eigenvalue weighted by atomic mass is 9.89. The first kappa shape index (κ1) is 32.1. The molecule has 1 aromatic carbocycles. The highest BCUT2D eigenvalue weighted by Crippen LogP contribution is 2.40. The average Bonchev–Trinajstić information content (AvgIpc) is 3.64. The zero-order valence-electron chi connectivity index (χ0n) is 25.8. The van der Waals surface area contributed by atoms with Crippen LogP contribution in [0.1, 0.15) is 33.1 Å². The molecule has 0 spiro atoms. The van der Waals surface area contributed by atoms with Crippen molar-refractivity contribution in [3.8, 4) is 34.8 Å². The van der Waals surface area contributed by atoms with Gasteiger partial charge in [-0.3, -0.25) is 9.36 Å². The molecular weight excluding hydrogens is 589 g/mol. The summed E-state index contributed by atoms with van der Waals surface area (Å²) in [6, 6.07) is 11.5. The van der Waals surface area contributed by atoms with Gasteiger partial charge in [0.1, 0.15) is 22.7 Å². The monoisotopic (exact) mass is 628 g/mol. The van der Waals surface area contributed by atoms with E-state index in [0.29, 0.717) is 41.8 Å². The number of carbonyl (C=O) groups is 1. The van der Waals surface area contributed by atoms with Crippen LogP contribution < -0.4 is 13.8 Å². The molecule has 1 saturated heterocycles. The van der Waals surface area contributed by atoms with Crippen molar-refractivity contribution in [1.82, 2.24) is 19.7 Å². The molecule has 4 rings (SSSR count). The van der Waals surface area contributed by atoms with Crippen LogP contribution in [0.15, 0.2) is 41.0 Å². The van der Waals surface area contributed by atoms with Crippen molar-refractivity contribution in [3.05, 3.63) is 36.6 Å². The number of aromatic nitrogens is 3. The predicted molar refractivity (Wildman–Crippen MR) is 166 cm³/mol. The van der Waals surface area contributed by atoms with E-state index in [-0.39, 0.29) is 37.2 Å². The Morgan fingerprint density at radius 1 is 1.16 bits per heavy atom. The lowest BCUT2D eigenvalue weighted by molar-refractivity contribution is -0.138. The van der Waals surface area contributed by atoms with Crippen LogP contribution >= 0.6 is 0 Å². The first-order valence-corrected chi connectivity index (χ1v) is 19.4. The zero-order chi connectivity index (χ0) is 31.6. The van der Waals surface area contributed by atoms with Gasteiger partial charge in [-0.15, -0.1) is 10.2 Å². The Kier molecular flexibility index (Phi) is 9.26. The van der Waals surface area contributed by atoms with E-state index in [1.165, 1.54) is 29.7 Å². The van der Waals surface area contributed by atoms with Crippen molar-refractivity contribution in [1.29, 1.82) is 5.26 Å². The number of anilines is 1. The third-order valence-electron chi connectivity index (χ3n) is 7.75. The van der Waals surface area contributed by atoms with Gasteiger partial charge >= 0.3 is 0 Å². The number of ether oxygens (including phenoxy) is 2. The highest BCUT2D eigenvalue weighted by molar-refractivity contribution is 7.93. The minimum Gasteiger partial charge on any atom is -0.494 e. The van der Waals surface area contributed by atoms with Gasteiger partial charge in [-0.2, -0.15) is 5.26 Å². The number of benzene rings is 1. The van der Waals surface area contributed by atoms with Crippen LogP contribution in [0.4, 0.5) is 5.95 Å². The number of para-hydroxylation sites is 1. The Labute approximate surface area is 254 Å². The summed E-state index contributed by atoms with van der Waals surface area (Å²) < 4.78 is 49.1. The molecule has 232 valence electrons. The van der Waals surface area contributed by atoms with Crippen molar-refractivity contribution < 1.29 is 27.1 Å². The number of rotatable bonds is 12. The molecule has 1 aliphatic heterocycles. The van der Waals surface area contributed by atoms with Crippen molar-refractivity contribution >= 4 is 30.0 Å². The highest BCUT2D eigenvalue weighted by Gasteiger charge is 2.43. The third-order valence-corrected chi connectivity index (χ3v) is 11.6. The number of methoxy groups -OCH3 is 2. The molecule has 1 amide bonds. The van der Waals surface area contributed by atoms with E-state index in [0.717, 1.165) is 0 Å². The van der Waals surface area contributed by atoms with Crippen LogP contribution in [-0.4, -0.2) is 80.2 Å². The summed E-state index contributed by atoms with van der Waals surface area (Å²) in [4.78, 5) is 14.4. The number of piperidine rings is 1. The second-order valence-corrected chi connectivity index (χ2v) is 20.0. The Bertz CT molecular complexity index is 1570. The lowest BCUT2D eigenvalue weighted by Gasteiger charge is -2.41. The second-order valence-electron chi connectivity index (χ2n) is 12.1. The molecule has 1 aliphatic rings. The molecule has 43 heavy (non-hydrogen) atoms. The molecule has 0 aliphatic carbocycles. The molecule has 0 bridgehead atoms. The zero-order valence-corrected chi connectivity index (χ0v) is 27.6. The van der Waals surface area contributed by atoms with Crippen LogP contribution in [0.2, 0.25) is 25.7 Å². The van der Waals surface area contributed by atoms with Gasteiger partial charge in [0.25, 0.3) is 0 Å². The van der Waals surface area contributed by atoms with Gasteiger partial charge in [-0.05, 0) is 57.0 Å². The highest BCUT2D eigenvalue weighted by atomic mass is 32.2. The normalized spacial score (nSPS) is 18.3. The number of sulfonamides is 1. The summed E-state index contributed by atoms with van der Waals surface area (Å²) in [7, 11) is -2.91. The van der Waals surface area contributed by atoms with Crippen molar-refractivity contribution in [2.45, 2.75) is 69.6 Å². The molecule has 2 aromatic heterocycles. The molecule has 0 N–H and O–H groups in total. The summed E-state index contributed by atoms with van der Waals surface area (Å²) in [6.45, 7) is 9.74. The van der Waals surface area contributed by atoms with E-state index in [4.69, 9.17) is 13.9 Å². The van der Waals surface area contributed by atoms with Gasteiger partial charge < -0.3 is 18.8 Å². The summed E-state index contributed by atoms with van der Waals surface area (Å²) >= 11 is 0. The van der Waals surface area contributed by atoms with Gasteiger partial charge in [-0.1, -0.05) is 25.7 Å². The molecule has 3 aromatic rings. The maximum atomic E-state index is 14.6. The van der Waals surface area contributed by atoms with Crippen LogP contribution in [0.3, 0.4) is 0 Å². The number of carbonyl (C=O) groups excluding carboxylic acids is 1. The minimum absolute atomic E-state index is 0.0346. The fourth-order valence-electron chi connectivity index (χ4n) is 5.16. The van der Waals surface area contributed by atoms with Gasteiger partial charge in [0.15, 0.2) is 5.76 Å². The van der Waals surface area contributed by atoms with E-state index in [1.54, 1.807) is 48.7 Å². The van der Waals surface area contributed by atoms with Crippen molar-refractivity contribution in [2.24, 2.45) is 0 Å².